The summed E-state index contributed by atoms with van der Waals surface area (Å²) in [6.45, 7) is 0. The minimum absolute atomic E-state index is 0.0438. The third-order valence-corrected chi connectivity index (χ3v) is 6.87. The van der Waals surface area contributed by atoms with Gasteiger partial charge < -0.3 is 0 Å². The number of carbonyl (C=O) groups is 2. The van der Waals surface area contributed by atoms with Gasteiger partial charge >= 0.3 is 0 Å². The van der Waals surface area contributed by atoms with Crippen LogP contribution in [0.25, 0.3) is 53.9 Å². The number of imide groups is 1. The highest BCUT2D eigenvalue weighted by atomic mass is 16.2. The fourth-order valence-corrected chi connectivity index (χ4v) is 5.53. The largest absolute Gasteiger partial charge is 0.288 e. The van der Waals surface area contributed by atoms with Crippen molar-refractivity contribution in [2.24, 2.45) is 0 Å². The highest BCUT2D eigenvalue weighted by Crippen LogP contribution is 2.45. The summed E-state index contributed by atoms with van der Waals surface area (Å²) in [5.41, 5.74) is -0.725. The van der Waals surface area contributed by atoms with Crippen molar-refractivity contribution in [3.8, 4) is 0 Å². The molecule has 0 atom stereocenters. The van der Waals surface area contributed by atoms with Crippen molar-refractivity contribution in [2.75, 3.05) is 0 Å². The molecule has 0 bridgehead atoms. The van der Waals surface area contributed by atoms with Gasteiger partial charge in [0.1, 0.15) is 0 Å². The third kappa shape index (κ3) is 2.54. The van der Waals surface area contributed by atoms with E-state index < -0.39 is 22.9 Å². The minimum atomic E-state index is -0.658. The maximum absolute atomic E-state index is 12.9. The molecule has 8 rings (SSSR count). The summed E-state index contributed by atoms with van der Waals surface area (Å²) in [6.07, 6.45) is 3.50. The first-order chi connectivity index (χ1) is 17.6. The van der Waals surface area contributed by atoms with Gasteiger partial charge in [-0.2, -0.15) is 0 Å². The minimum Gasteiger partial charge on any atom is -0.288 e. The van der Waals surface area contributed by atoms with Gasteiger partial charge in [-0.25, -0.2) is 0 Å². The molecule has 5 aromatic carbocycles. The van der Waals surface area contributed by atoms with Gasteiger partial charge in [0.05, 0.1) is 16.3 Å². The number of hydrogen-bond donors (Lipinski definition) is 2. The van der Waals surface area contributed by atoms with E-state index in [1.807, 2.05) is 60.7 Å². The number of pyridine rings is 1. The Bertz CT molecular complexity index is 2120. The standard InChI is InChI=1S/C24H10N2O4.C5H5N/c27-21-13-8-7-11-10-5-1-3-9-4-2-6-12(14(9)10)16-15(11)17(13)19(22(28)25-21)20-18(16)23(29)26-24(20)30;1-2-4-6-5-3-1/h1-8H,(H,25,27,28)(H,26,29,30);1-5H. The van der Waals surface area contributed by atoms with Crippen molar-refractivity contribution in [2.45, 2.75) is 0 Å². The van der Waals surface area contributed by atoms with Gasteiger partial charge in [-0.3, -0.25) is 34.5 Å². The van der Waals surface area contributed by atoms with Crippen molar-refractivity contribution in [1.82, 2.24) is 15.3 Å². The number of H-pyrrole nitrogens is 1. The zero-order valence-corrected chi connectivity index (χ0v) is 18.6. The molecular weight excluding hydrogens is 454 g/mol. The number of carbonyl (C=O) groups excluding carboxylic acids is 2. The topological polar surface area (TPSA) is 109 Å². The Morgan fingerprint density at radius 2 is 1.19 bits per heavy atom. The molecule has 7 aromatic rings. The average molecular weight is 469 g/mol. The number of nitrogens with one attached hydrogen (secondary N) is 2. The van der Waals surface area contributed by atoms with Crippen LogP contribution in [0.15, 0.2) is 88.7 Å². The number of hydrogen-bond acceptors (Lipinski definition) is 5. The van der Waals surface area contributed by atoms with Crippen LogP contribution in [0.4, 0.5) is 0 Å². The summed E-state index contributed by atoms with van der Waals surface area (Å²) in [5, 5.41) is 8.88. The first-order valence-corrected chi connectivity index (χ1v) is 11.3. The lowest BCUT2D eigenvalue weighted by molar-refractivity contribution is 0.0846. The summed E-state index contributed by atoms with van der Waals surface area (Å²) < 4.78 is 0. The molecule has 2 amide bonds. The second-order valence-electron chi connectivity index (χ2n) is 8.71. The molecular formula is C29H15N3O4. The molecule has 0 aliphatic carbocycles. The van der Waals surface area contributed by atoms with E-state index in [0.717, 1.165) is 26.9 Å². The van der Waals surface area contributed by atoms with Crippen LogP contribution in [-0.4, -0.2) is 21.8 Å². The number of aromatic amines is 1. The Balaban J connectivity index is 0.000000325. The molecule has 0 radical (unpaired) electrons. The summed E-state index contributed by atoms with van der Waals surface area (Å²) in [5.74, 6) is -1.17. The molecule has 0 saturated carbocycles. The van der Waals surface area contributed by atoms with Crippen molar-refractivity contribution in [3.63, 3.8) is 0 Å². The number of fused-ring (bicyclic) bond motifs is 5. The monoisotopic (exact) mass is 469 g/mol. The molecule has 0 saturated heterocycles. The normalized spacial score (nSPS) is 13.0. The second-order valence-corrected chi connectivity index (χ2v) is 8.71. The van der Waals surface area contributed by atoms with E-state index in [-0.39, 0.29) is 16.3 Å². The molecule has 0 spiro atoms. The summed E-state index contributed by atoms with van der Waals surface area (Å²) in [6, 6.07) is 21.0. The highest BCUT2D eigenvalue weighted by Gasteiger charge is 2.32. The van der Waals surface area contributed by atoms with Gasteiger partial charge in [-0.15, -0.1) is 0 Å². The fourth-order valence-electron chi connectivity index (χ4n) is 5.53. The quantitative estimate of drug-likeness (QED) is 0.195. The molecule has 0 fully saturated rings. The predicted molar refractivity (Wildman–Crippen MR) is 139 cm³/mol. The Kier molecular flexibility index (Phi) is 4.02. The van der Waals surface area contributed by atoms with Crippen LogP contribution in [0.1, 0.15) is 20.7 Å². The van der Waals surface area contributed by atoms with Gasteiger partial charge in [0.15, 0.2) is 0 Å². The number of amides is 2. The Hall–Kier alpha value is -5.17. The first-order valence-electron chi connectivity index (χ1n) is 11.3. The van der Waals surface area contributed by atoms with Gasteiger partial charge in [0.25, 0.3) is 22.9 Å². The molecule has 1 aliphatic heterocycles. The number of rotatable bonds is 0. The van der Waals surface area contributed by atoms with Crippen molar-refractivity contribution >= 4 is 65.7 Å². The number of nitrogens with zero attached hydrogens (tertiary/aromatic N) is 1. The van der Waals surface area contributed by atoms with E-state index in [4.69, 9.17) is 0 Å². The van der Waals surface area contributed by atoms with Crippen LogP contribution < -0.4 is 16.4 Å². The average Bonchev–Trinajstić information content (AvgIpc) is 3.20. The molecule has 7 nitrogen and oxygen atoms in total. The molecule has 2 N–H and O–H groups in total. The summed E-state index contributed by atoms with van der Waals surface area (Å²) >= 11 is 0. The van der Waals surface area contributed by atoms with Crippen molar-refractivity contribution in [1.29, 1.82) is 0 Å². The van der Waals surface area contributed by atoms with Gasteiger partial charge in [0, 0.05) is 28.7 Å². The molecule has 1 aliphatic rings. The Morgan fingerprint density at radius 1 is 0.528 bits per heavy atom. The van der Waals surface area contributed by atoms with E-state index in [2.05, 4.69) is 15.3 Å². The van der Waals surface area contributed by atoms with Crippen LogP contribution >= 0.6 is 0 Å². The van der Waals surface area contributed by atoms with E-state index in [9.17, 15) is 19.2 Å². The Morgan fingerprint density at radius 3 is 1.89 bits per heavy atom. The first kappa shape index (κ1) is 20.2. The third-order valence-electron chi connectivity index (χ3n) is 6.87. The zero-order valence-electron chi connectivity index (χ0n) is 18.6. The maximum Gasteiger partial charge on any atom is 0.259 e. The molecule has 0 unspecified atom stereocenters. The summed E-state index contributed by atoms with van der Waals surface area (Å²) in [7, 11) is 0. The lowest BCUT2D eigenvalue weighted by atomic mass is 9.83. The molecule has 3 heterocycles. The smallest absolute Gasteiger partial charge is 0.259 e. The predicted octanol–water partition coefficient (Wildman–Crippen LogP) is 4.34. The summed E-state index contributed by atoms with van der Waals surface area (Å²) in [4.78, 5) is 57.2. The molecule has 170 valence electrons. The molecule has 7 heteroatoms. The number of aromatic nitrogens is 2. The van der Waals surface area contributed by atoms with Crippen LogP contribution in [-0.2, 0) is 0 Å². The zero-order chi connectivity index (χ0) is 24.6. The van der Waals surface area contributed by atoms with Crippen LogP contribution in [0.3, 0.4) is 0 Å². The van der Waals surface area contributed by atoms with Crippen molar-refractivity contribution in [3.05, 3.63) is 111 Å². The number of benzene rings is 5. The van der Waals surface area contributed by atoms with Crippen molar-refractivity contribution < 1.29 is 9.59 Å². The molecule has 2 aromatic heterocycles. The van der Waals surface area contributed by atoms with E-state index in [1.165, 1.54) is 0 Å². The van der Waals surface area contributed by atoms with Crippen LogP contribution in [0, 0.1) is 0 Å². The lowest BCUT2D eigenvalue weighted by Gasteiger charge is -2.21. The molecule has 36 heavy (non-hydrogen) atoms. The fraction of sp³-hybridized carbons (Fsp3) is 0. The van der Waals surface area contributed by atoms with Crippen LogP contribution in [0.5, 0.6) is 0 Å². The SMILES string of the molecule is O=C1NC(=O)c2c3c1ccc1c4cccc5cccc(c54)c(c4c(=O)[nH]c(=O)c24)c31.c1ccncc1. The van der Waals surface area contributed by atoms with E-state index >= 15 is 0 Å². The van der Waals surface area contributed by atoms with Gasteiger partial charge in [-0.05, 0) is 50.5 Å². The van der Waals surface area contributed by atoms with Gasteiger partial charge in [-0.1, -0.05) is 48.5 Å². The lowest BCUT2D eigenvalue weighted by Crippen LogP contribution is -2.35. The maximum atomic E-state index is 12.9. The Labute approximate surface area is 201 Å². The second kappa shape index (κ2) is 7.16. The van der Waals surface area contributed by atoms with Gasteiger partial charge in [0.2, 0.25) is 0 Å². The highest BCUT2D eigenvalue weighted by molar-refractivity contribution is 6.44. The van der Waals surface area contributed by atoms with Crippen LogP contribution in [0.2, 0.25) is 0 Å². The van der Waals surface area contributed by atoms with E-state index in [0.29, 0.717) is 21.7 Å². The van der Waals surface area contributed by atoms with E-state index in [1.54, 1.807) is 18.5 Å².